The van der Waals surface area contributed by atoms with Crippen molar-refractivity contribution >= 4 is 52.3 Å². The van der Waals surface area contributed by atoms with Crippen molar-refractivity contribution in [2.75, 3.05) is 6.61 Å². The van der Waals surface area contributed by atoms with Crippen LogP contribution in [0.4, 0.5) is 0 Å². The minimum atomic E-state index is -0.949. The number of carboxylic acids is 1. The van der Waals surface area contributed by atoms with Gasteiger partial charge in [-0.3, -0.25) is 9.78 Å². The Morgan fingerprint density at radius 2 is 1.79 bits per heavy atom. The Morgan fingerprint density at radius 3 is 2.42 bits per heavy atom. The number of ketones is 1. The largest absolute Gasteiger partial charge is 0.489 e. The Balaban J connectivity index is 1.36. The van der Waals surface area contributed by atoms with Gasteiger partial charge in [0.2, 0.25) is 0 Å². The van der Waals surface area contributed by atoms with E-state index in [2.05, 4.69) is 11.9 Å². The van der Waals surface area contributed by atoms with E-state index in [0.717, 1.165) is 30.4 Å². The number of hydrogen-bond acceptors (Lipinski definition) is 5. The fourth-order valence-electron chi connectivity index (χ4n) is 4.87. The second kappa shape index (κ2) is 10.3. The lowest BCUT2D eigenvalue weighted by Gasteiger charge is -2.16. The third kappa shape index (κ3) is 5.13. The molecule has 9 heteroatoms. The summed E-state index contributed by atoms with van der Waals surface area (Å²) in [5.41, 5.74) is 9.26. The molecule has 38 heavy (non-hydrogen) atoms. The molecule has 0 bridgehead atoms. The number of carbonyl (C=O) groups is 2. The van der Waals surface area contributed by atoms with E-state index in [1.807, 2.05) is 18.2 Å². The fourth-order valence-corrected chi connectivity index (χ4v) is 5.74. The molecule has 0 radical (unpaired) electrons. The van der Waals surface area contributed by atoms with Crippen LogP contribution >= 0.6 is 34.8 Å². The number of rotatable bonds is 9. The highest BCUT2D eigenvalue weighted by Crippen LogP contribution is 2.61. The van der Waals surface area contributed by atoms with Gasteiger partial charge in [-0.05, 0) is 60.6 Å². The summed E-state index contributed by atoms with van der Waals surface area (Å²) in [5.74, 6) is -0.465. The van der Waals surface area contributed by atoms with Crippen LogP contribution in [0.3, 0.4) is 0 Å². The number of pyridine rings is 1. The molecule has 1 heterocycles. The van der Waals surface area contributed by atoms with Gasteiger partial charge in [0.25, 0.3) is 0 Å². The van der Waals surface area contributed by atoms with E-state index >= 15 is 0 Å². The molecule has 3 aromatic rings. The zero-order valence-corrected chi connectivity index (χ0v) is 22.8. The molecular formula is C29H25Cl3N2O4. The van der Waals surface area contributed by atoms with E-state index in [1.165, 1.54) is 12.4 Å². The van der Waals surface area contributed by atoms with Gasteiger partial charge in [0.15, 0.2) is 5.78 Å². The molecular weight excluding hydrogens is 547 g/mol. The van der Waals surface area contributed by atoms with Crippen molar-refractivity contribution in [2.45, 2.75) is 37.5 Å². The van der Waals surface area contributed by atoms with Crippen LogP contribution in [0.1, 0.15) is 59.2 Å². The van der Waals surface area contributed by atoms with E-state index in [-0.39, 0.29) is 50.9 Å². The number of carboxylic acid groups (broad SMARTS) is 1. The molecule has 0 amide bonds. The summed E-state index contributed by atoms with van der Waals surface area (Å²) < 4.78 is 5.99. The van der Waals surface area contributed by atoms with Gasteiger partial charge >= 0.3 is 5.97 Å². The molecule has 2 fully saturated rings. The molecule has 196 valence electrons. The maximum absolute atomic E-state index is 13.1. The molecule has 1 aromatic heterocycles. The Labute approximate surface area is 235 Å². The van der Waals surface area contributed by atoms with Crippen LogP contribution in [-0.4, -0.2) is 28.4 Å². The molecule has 2 unspecified atom stereocenters. The first-order valence-corrected chi connectivity index (χ1v) is 13.3. The Kier molecular flexibility index (Phi) is 7.16. The van der Waals surface area contributed by atoms with Crippen LogP contribution < -0.4 is 10.5 Å². The van der Waals surface area contributed by atoms with Crippen molar-refractivity contribution in [3.05, 3.63) is 97.8 Å². The second-order valence-corrected chi connectivity index (χ2v) is 11.3. The van der Waals surface area contributed by atoms with Crippen LogP contribution in [0.5, 0.6) is 5.75 Å². The highest BCUT2D eigenvalue weighted by atomic mass is 35.5. The summed E-state index contributed by atoms with van der Waals surface area (Å²) in [6.07, 6.45) is 5.32. The summed E-state index contributed by atoms with van der Waals surface area (Å²) >= 11 is 19.3. The third-order valence-electron chi connectivity index (χ3n) is 7.43. The Hall–Kier alpha value is -3.06. The minimum absolute atomic E-state index is 0.0606. The molecule has 0 spiro atoms. The molecule has 2 aliphatic carbocycles. The van der Waals surface area contributed by atoms with Gasteiger partial charge in [0.1, 0.15) is 12.4 Å². The Morgan fingerprint density at radius 1 is 1.08 bits per heavy atom. The van der Waals surface area contributed by atoms with Gasteiger partial charge < -0.3 is 15.6 Å². The summed E-state index contributed by atoms with van der Waals surface area (Å²) in [5, 5.41) is 10.4. The van der Waals surface area contributed by atoms with Crippen molar-refractivity contribution in [1.82, 2.24) is 4.98 Å². The van der Waals surface area contributed by atoms with Gasteiger partial charge in [-0.25, -0.2) is 4.79 Å². The zero-order chi connectivity index (χ0) is 27.2. The molecule has 5 rings (SSSR count). The van der Waals surface area contributed by atoms with E-state index in [9.17, 15) is 14.7 Å². The van der Waals surface area contributed by atoms with Crippen LogP contribution in [0.15, 0.2) is 60.4 Å². The van der Waals surface area contributed by atoms with Gasteiger partial charge in [-0.15, -0.1) is 0 Å². The molecule has 3 N–H and O–H groups in total. The molecule has 0 saturated heterocycles. The number of benzene rings is 2. The highest BCUT2D eigenvalue weighted by molar-refractivity contribution is 6.37. The number of nitrogens with two attached hydrogens (primary N) is 1. The number of ether oxygens (including phenoxy) is 1. The van der Waals surface area contributed by atoms with Crippen molar-refractivity contribution in [3.63, 3.8) is 0 Å². The molecule has 6 nitrogen and oxygen atoms in total. The van der Waals surface area contributed by atoms with Gasteiger partial charge in [-0.2, -0.15) is 0 Å². The topological polar surface area (TPSA) is 103 Å². The van der Waals surface area contributed by atoms with E-state index in [4.69, 9.17) is 45.3 Å². The lowest BCUT2D eigenvalue weighted by molar-refractivity contribution is -0.116. The van der Waals surface area contributed by atoms with Gasteiger partial charge in [0, 0.05) is 34.3 Å². The minimum Gasteiger partial charge on any atom is -0.489 e. The number of halogens is 3. The van der Waals surface area contributed by atoms with E-state index in [0.29, 0.717) is 21.9 Å². The van der Waals surface area contributed by atoms with Crippen LogP contribution in [-0.2, 0) is 10.2 Å². The number of aromatic nitrogens is 1. The summed E-state index contributed by atoms with van der Waals surface area (Å²) in [6, 6.07) is 12.5. The monoisotopic (exact) mass is 570 g/mol. The quantitative estimate of drug-likeness (QED) is 0.271. The van der Waals surface area contributed by atoms with Crippen LogP contribution in [0.25, 0.3) is 5.70 Å². The first-order chi connectivity index (χ1) is 18.1. The van der Waals surface area contributed by atoms with Crippen molar-refractivity contribution in [3.8, 4) is 5.75 Å². The molecule has 0 aliphatic heterocycles. The first-order valence-electron chi connectivity index (χ1n) is 12.2. The molecule has 2 saturated carbocycles. The number of aromatic carboxylic acids is 1. The maximum Gasteiger partial charge on any atom is 0.335 e. The van der Waals surface area contributed by atoms with Gasteiger partial charge in [-0.1, -0.05) is 59.9 Å². The number of hydrogen-bond donors (Lipinski definition) is 2. The first kappa shape index (κ1) is 26.5. The zero-order valence-electron chi connectivity index (χ0n) is 20.5. The summed E-state index contributed by atoms with van der Waals surface area (Å²) in [6.45, 7) is 2.05. The van der Waals surface area contributed by atoms with Crippen molar-refractivity contribution < 1.29 is 19.4 Å². The van der Waals surface area contributed by atoms with Crippen molar-refractivity contribution in [2.24, 2.45) is 11.7 Å². The fraction of sp³-hybridized carbons (Fsp3) is 0.276. The SMILES string of the molecule is CC1(c2cccc(C(=O)O)c2)CC1c1ccc(OCC(C(=O)C2CC2)=C(N)c2c(Cl)cncc2Cl)cc1Cl. The lowest BCUT2D eigenvalue weighted by Crippen LogP contribution is -2.18. The predicted octanol–water partition coefficient (Wildman–Crippen LogP) is 6.91. The molecule has 2 aromatic carbocycles. The highest BCUT2D eigenvalue weighted by Gasteiger charge is 2.52. The number of nitrogens with zero attached hydrogens (tertiary/aromatic N) is 1. The lowest BCUT2D eigenvalue weighted by atomic mass is 9.91. The standard InChI is InChI=1S/C29H25Cl3N2O4/c1-29(17-4-2-3-16(9-17)28(36)37)11-21(29)19-8-7-18(10-22(19)30)38-14-20(27(35)15-5-6-15)26(33)25-23(31)12-34-13-24(25)32/h2-4,7-10,12-13,15,21H,5-6,11,14,33H2,1H3,(H,36,37). The molecule has 2 aliphatic rings. The average Bonchev–Trinajstić information content (AvgIpc) is 3.81. The maximum atomic E-state index is 13.1. The van der Waals surface area contributed by atoms with Crippen molar-refractivity contribution in [1.29, 1.82) is 0 Å². The number of Topliss-reactive ketones (excluding diaryl/α,β-unsaturated/α-hetero) is 1. The van der Waals surface area contributed by atoms with E-state index in [1.54, 1.807) is 24.3 Å². The number of carbonyl (C=O) groups excluding carboxylic acids is 1. The second-order valence-electron chi connectivity index (χ2n) is 10.0. The van der Waals surface area contributed by atoms with Crippen LogP contribution in [0.2, 0.25) is 15.1 Å². The average molecular weight is 572 g/mol. The summed E-state index contributed by atoms with van der Waals surface area (Å²) in [7, 11) is 0. The normalized spacial score (nSPS) is 21.0. The smallest absolute Gasteiger partial charge is 0.335 e. The third-order valence-corrected chi connectivity index (χ3v) is 8.33. The molecule has 2 atom stereocenters. The van der Waals surface area contributed by atoms with E-state index < -0.39 is 5.97 Å². The Bertz CT molecular complexity index is 1460. The summed E-state index contributed by atoms with van der Waals surface area (Å²) in [4.78, 5) is 28.4. The van der Waals surface area contributed by atoms with Crippen LogP contribution in [0, 0.1) is 5.92 Å². The van der Waals surface area contributed by atoms with Gasteiger partial charge in [0.05, 0.1) is 26.9 Å². The predicted molar refractivity (Wildman–Crippen MR) is 148 cm³/mol.